The van der Waals surface area contributed by atoms with Crippen LogP contribution in [0.15, 0.2) is 35.1 Å². The van der Waals surface area contributed by atoms with Crippen LogP contribution in [0.2, 0.25) is 0 Å². The van der Waals surface area contributed by atoms with Crippen LogP contribution in [0, 0.1) is 0 Å². The summed E-state index contributed by atoms with van der Waals surface area (Å²) >= 11 is 0. The predicted molar refractivity (Wildman–Crippen MR) is 88.6 cm³/mol. The molecule has 1 saturated heterocycles. The van der Waals surface area contributed by atoms with Crippen molar-refractivity contribution in [1.29, 1.82) is 0 Å². The van der Waals surface area contributed by atoms with Gasteiger partial charge in [-0.2, -0.15) is 0 Å². The van der Waals surface area contributed by atoms with Crippen LogP contribution in [0.3, 0.4) is 0 Å². The van der Waals surface area contributed by atoms with Gasteiger partial charge in [0.05, 0.1) is 0 Å². The maximum absolute atomic E-state index is 12.3. The standard InChI is InChI=1S/C17H20N4O4/c1-12(22)19-14-3-2-8-21(9-14)16(23)10-24-15-6-4-13(5-7-15)17-20-18-11-25-17/h4-7,11,14H,2-3,8-10H2,1H3,(H,19,22). The molecule has 1 aliphatic rings. The van der Waals surface area contributed by atoms with Crippen molar-refractivity contribution >= 4 is 11.8 Å². The van der Waals surface area contributed by atoms with Gasteiger partial charge in [-0.3, -0.25) is 9.59 Å². The number of amides is 2. The van der Waals surface area contributed by atoms with E-state index in [1.807, 2.05) is 0 Å². The zero-order chi connectivity index (χ0) is 17.6. The van der Waals surface area contributed by atoms with Gasteiger partial charge in [-0.05, 0) is 37.1 Å². The highest BCUT2D eigenvalue weighted by molar-refractivity contribution is 5.78. The minimum absolute atomic E-state index is 0.0175. The first kappa shape index (κ1) is 16.9. The van der Waals surface area contributed by atoms with Crippen molar-refractivity contribution in [3.05, 3.63) is 30.7 Å². The third-order valence-electron chi connectivity index (χ3n) is 4.01. The Labute approximate surface area is 145 Å². The smallest absolute Gasteiger partial charge is 0.260 e. The fourth-order valence-corrected chi connectivity index (χ4v) is 2.84. The molecular formula is C17H20N4O4. The molecule has 8 heteroatoms. The van der Waals surface area contributed by atoms with Crippen molar-refractivity contribution in [3.8, 4) is 17.2 Å². The minimum atomic E-state index is -0.0870. The molecule has 2 heterocycles. The monoisotopic (exact) mass is 344 g/mol. The predicted octanol–water partition coefficient (Wildman–Crippen LogP) is 1.24. The van der Waals surface area contributed by atoms with Gasteiger partial charge in [0.1, 0.15) is 5.75 Å². The maximum atomic E-state index is 12.3. The van der Waals surface area contributed by atoms with Crippen LogP contribution in [0.4, 0.5) is 0 Å². The second kappa shape index (κ2) is 7.78. The summed E-state index contributed by atoms with van der Waals surface area (Å²) in [5, 5.41) is 10.3. The minimum Gasteiger partial charge on any atom is -0.484 e. The topological polar surface area (TPSA) is 97.6 Å². The molecule has 1 aromatic heterocycles. The molecule has 1 N–H and O–H groups in total. The second-order valence-corrected chi connectivity index (χ2v) is 5.94. The van der Waals surface area contributed by atoms with Crippen LogP contribution < -0.4 is 10.1 Å². The van der Waals surface area contributed by atoms with E-state index in [1.165, 1.54) is 13.3 Å². The fraction of sp³-hybridized carbons (Fsp3) is 0.412. The SMILES string of the molecule is CC(=O)NC1CCCN(C(=O)COc2ccc(-c3nnco3)cc2)C1. The first-order chi connectivity index (χ1) is 12.1. The quantitative estimate of drug-likeness (QED) is 0.876. The number of carbonyl (C=O) groups is 2. The molecule has 0 spiro atoms. The number of ether oxygens (including phenoxy) is 1. The number of hydrogen-bond acceptors (Lipinski definition) is 6. The molecular weight excluding hydrogens is 324 g/mol. The Morgan fingerprint density at radius 3 is 2.84 bits per heavy atom. The second-order valence-electron chi connectivity index (χ2n) is 5.94. The summed E-state index contributed by atoms with van der Waals surface area (Å²) in [5.74, 6) is 0.861. The van der Waals surface area contributed by atoms with E-state index in [0.717, 1.165) is 18.4 Å². The summed E-state index contributed by atoms with van der Waals surface area (Å²) in [4.78, 5) is 25.2. The van der Waals surface area contributed by atoms with Crippen molar-refractivity contribution in [2.75, 3.05) is 19.7 Å². The Balaban J connectivity index is 1.51. The highest BCUT2D eigenvalue weighted by Crippen LogP contribution is 2.20. The Morgan fingerprint density at radius 2 is 2.16 bits per heavy atom. The highest BCUT2D eigenvalue weighted by atomic mass is 16.5. The summed E-state index contributed by atoms with van der Waals surface area (Å²) in [6.07, 6.45) is 3.03. The van der Waals surface area contributed by atoms with Crippen LogP contribution >= 0.6 is 0 Å². The number of likely N-dealkylation sites (tertiary alicyclic amines) is 1. The number of rotatable bonds is 5. The van der Waals surface area contributed by atoms with Gasteiger partial charge in [-0.1, -0.05) is 0 Å². The average Bonchev–Trinajstić information content (AvgIpc) is 3.14. The molecule has 0 aliphatic carbocycles. The number of hydrogen-bond donors (Lipinski definition) is 1. The molecule has 132 valence electrons. The van der Waals surface area contributed by atoms with Gasteiger partial charge in [0.15, 0.2) is 6.61 Å². The van der Waals surface area contributed by atoms with Crippen LogP contribution in [-0.2, 0) is 9.59 Å². The average molecular weight is 344 g/mol. The Hall–Kier alpha value is -2.90. The van der Waals surface area contributed by atoms with Crippen molar-refractivity contribution in [1.82, 2.24) is 20.4 Å². The van der Waals surface area contributed by atoms with Gasteiger partial charge in [-0.15, -0.1) is 10.2 Å². The van der Waals surface area contributed by atoms with E-state index in [0.29, 0.717) is 24.7 Å². The first-order valence-electron chi connectivity index (χ1n) is 8.16. The molecule has 0 radical (unpaired) electrons. The Morgan fingerprint density at radius 1 is 1.36 bits per heavy atom. The molecule has 25 heavy (non-hydrogen) atoms. The molecule has 1 aliphatic heterocycles. The number of piperidine rings is 1. The molecule has 0 bridgehead atoms. The Bertz CT molecular complexity index is 715. The molecule has 3 rings (SSSR count). The largest absolute Gasteiger partial charge is 0.484 e. The van der Waals surface area contributed by atoms with Gasteiger partial charge in [0.25, 0.3) is 5.91 Å². The van der Waals surface area contributed by atoms with E-state index < -0.39 is 0 Å². The van der Waals surface area contributed by atoms with Gasteiger partial charge in [-0.25, -0.2) is 0 Å². The zero-order valence-corrected chi connectivity index (χ0v) is 14.0. The lowest BCUT2D eigenvalue weighted by molar-refractivity contribution is -0.135. The summed E-state index contributed by atoms with van der Waals surface area (Å²) in [7, 11) is 0. The van der Waals surface area contributed by atoms with Gasteiger partial charge >= 0.3 is 0 Å². The highest BCUT2D eigenvalue weighted by Gasteiger charge is 2.24. The lowest BCUT2D eigenvalue weighted by atomic mass is 10.1. The van der Waals surface area contributed by atoms with E-state index in [-0.39, 0.29) is 24.5 Å². The van der Waals surface area contributed by atoms with Crippen LogP contribution in [0.1, 0.15) is 19.8 Å². The summed E-state index contributed by atoms with van der Waals surface area (Å²) < 4.78 is 10.7. The first-order valence-corrected chi connectivity index (χ1v) is 8.16. The maximum Gasteiger partial charge on any atom is 0.260 e. The third kappa shape index (κ3) is 4.56. The molecule has 1 aromatic carbocycles. The van der Waals surface area contributed by atoms with Crippen molar-refractivity contribution in [3.63, 3.8) is 0 Å². The van der Waals surface area contributed by atoms with Gasteiger partial charge < -0.3 is 19.4 Å². The van der Waals surface area contributed by atoms with E-state index in [2.05, 4.69) is 15.5 Å². The molecule has 1 unspecified atom stereocenters. The molecule has 0 saturated carbocycles. The molecule has 2 aromatic rings. The van der Waals surface area contributed by atoms with E-state index in [9.17, 15) is 9.59 Å². The summed E-state index contributed by atoms with van der Waals surface area (Å²) in [6, 6.07) is 7.11. The molecule has 1 atom stereocenters. The van der Waals surface area contributed by atoms with E-state index >= 15 is 0 Å². The third-order valence-corrected chi connectivity index (χ3v) is 4.01. The van der Waals surface area contributed by atoms with Crippen molar-refractivity contribution < 1.29 is 18.7 Å². The normalized spacial score (nSPS) is 17.2. The lowest BCUT2D eigenvalue weighted by Gasteiger charge is -2.32. The zero-order valence-electron chi connectivity index (χ0n) is 14.0. The number of nitrogens with zero attached hydrogens (tertiary/aromatic N) is 3. The molecule has 8 nitrogen and oxygen atoms in total. The summed E-state index contributed by atoms with van der Waals surface area (Å²) in [6.45, 7) is 2.67. The van der Waals surface area contributed by atoms with Crippen LogP contribution in [0.25, 0.3) is 11.5 Å². The lowest BCUT2D eigenvalue weighted by Crippen LogP contribution is -2.50. The Kier molecular flexibility index (Phi) is 5.27. The van der Waals surface area contributed by atoms with E-state index in [4.69, 9.17) is 9.15 Å². The van der Waals surface area contributed by atoms with Crippen LogP contribution in [0.5, 0.6) is 5.75 Å². The number of aromatic nitrogens is 2. The van der Waals surface area contributed by atoms with Crippen molar-refractivity contribution in [2.24, 2.45) is 0 Å². The van der Waals surface area contributed by atoms with Gasteiger partial charge in [0, 0.05) is 31.6 Å². The van der Waals surface area contributed by atoms with E-state index in [1.54, 1.807) is 29.2 Å². The van der Waals surface area contributed by atoms with Gasteiger partial charge in [0.2, 0.25) is 18.2 Å². The number of nitrogens with one attached hydrogen (secondary N) is 1. The van der Waals surface area contributed by atoms with Crippen molar-refractivity contribution in [2.45, 2.75) is 25.8 Å². The fourth-order valence-electron chi connectivity index (χ4n) is 2.84. The van der Waals surface area contributed by atoms with Crippen LogP contribution in [-0.4, -0.2) is 52.6 Å². The number of carbonyl (C=O) groups excluding carboxylic acids is 2. The summed E-state index contributed by atoms with van der Waals surface area (Å²) in [5.41, 5.74) is 0.783. The molecule has 1 fully saturated rings. The molecule has 2 amide bonds. The number of benzene rings is 1.